The molecule has 1 aromatic heterocycles. The molecule has 0 fully saturated rings. The van der Waals surface area contributed by atoms with Gasteiger partial charge in [0.1, 0.15) is 5.75 Å². The summed E-state index contributed by atoms with van der Waals surface area (Å²) >= 11 is 1.64. The molecule has 1 aliphatic carbocycles. The molecule has 140 valence electrons. The van der Waals surface area contributed by atoms with E-state index in [1.807, 2.05) is 5.38 Å². The number of hydrogen-bond donors (Lipinski definition) is 2. The molecule has 3 rings (SSSR count). The van der Waals surface area contributed by atoms with Gasteiger partial charge in [0.2, 0.25) is 10.0 Å². The van der Waals surface area contributed by atoms with Crippen LogP contribution in [0.1, 0.15) is 34.1 Å². The lowest BCUT2D eigenvalue weighted by atomic mass is 9.88. The second kappa shape index (κ2) is 7.28. The second-order valence-electron chi connectivity index (χ2n) is 6.64. The largest absolute Gasteiger partial charge is 0.495 e. The Kier molecular flexibility index (Phi) is 5.24. The molecule has 8 heteroatoms. The van der Waals surface area contributed by atoms with E-state index >= 15 is 0 Å². The SMILES string of the molecule is COc1ccc(NC(=O)c2csc3c2CCC(C)C3)cc1NS(C)(=O)=O. The van der Waals surface area contributed by atoms with E-state index in [1.54, 1.807) is 29.5 Å². The number of hydrogen-bond acceptors (Lipinski definition) is 5. The van der Waals surface area contributed by atoms with Gasteiger partial charge < -0.3 is 10.1 Å². The number of carbonyl (C=O) groups excluding carboxylic acids is 1. The maximum Gasteiger partial charge on any atom is 0.256 e. The quantitative estimate of drug-likeness (QED) is 0.813. The Morgan fingerprint density at radius 2 is 2.12 bits per heavy atom. The van der Waals surface area contributed by atoms with Crippen LogP contribution in [0.3, 0.4) is 0 Å². The predicted molar refractivity (Wildman–Crippen MR) is 105 cm³/mol. The van der Waals surface area contributed by atoms with Gasteiger partial charge >= 0.3 is 0 Å². The van der Waals surface area contributed by atoms with E-state index < -0.39 is 10.0 Å². The molecule has 2 aromatic rings. The van der Waals surface area contributed by atoms with Crippen molar-refractivity contribution in [3.63, 3.8) is 0 Å². The minimum absolute atomic E-state index is 0.174. The highest BCUT2D eigenvalue weighted by molar-refractivity contribution is 7.92. The molecule has 1 aromatic carbocycles. The Hall–Kier alpha value is -2.06. The third-order valence-electron chi connectivity index (χ3n) is 4.40. The summed E-state index contributed by atoms with van der Waals surface area (Å²) in [6.45, 7) is 2.23. The normalized spacial score (nSPS) is 16.7. The fourth-order valence-corrected chi connectivity index (χ4v) is 4.93. The number of ether oxygens (including phenoxy) is 1. The number of benzene rings is 1. The van der Waals surface area contributed by atoms with Crippen molar-refractivity contribution in [1.29, 1.82) is 0 Å². The summed E-state index contributed by atoms with van der Waals surface area (Å²) in [6.07, 6.45) is 4.11. The van der Waals surface area contributed by atoms with E-state index in [9.17, 15) is 13.2 Å². The Labute approximate surface area is 157 Å². The van der Waals surface area contributed by atoms with Crippen molar-refractivity contribution < 1.29 is 17.9 Å². The van der Waals surface area contributed by atoms with E-state index in [0.29, 0.717) is 22.9 Å². The number of thiophene rings is 1. The molecule has 1 unspecified atom stereocenters. The summed E-state index contributed by atoms with van der Waals surface area (Å²) in [6, 6.07) is 4.86. The van der Waals surface area contributed by atoms with Gasteiger partial charge in [-0.3, -0.25) is 9.52 Å². The first-order valence-corrected chi connectivity index (χ1v) is 11.1. The average molecular weight is 395 g/mol. The molecular weight excluding hydrogens is 372 g/mol. The zero-order chi connectivity index (χ0) is 18.9. The maximum absolute atomic E-state index is 12.7. The number of anilines is 2. The Morgan fingerprint density at radius 1 is 1.35 bits per heavy atom. The first-order chi connectivity index (χ1) is 12.3. The third kappa shape index (κ3) is 4.19. The standard InChI is InChI=1S/C18H22N2O4S2/c1-11-4-6-13-14(10-25-17(13)8-11)18(21)19-12-5-7-16(24-2)15(9-12)20-26(3,22)23/h5,7,9-11,20H,4,6,8H2,1-3H3,(H,19,21). The van der Waals surface area contributed by atoms with Crippen LogP contribution < -0.4 is 14.8 Å². The molecule has 6 nitrogen and oxygen atoms in total. The fraction of sp³-hybridized carbons (Fsp3) is 0.389. The van der Waals surface area contributed by atoms with Gasteiger partial charge in [-0.25, -0.2) is 8.42 Å². The summed E-state index contributed by atoms with van der Waals surface area (Å²) in [5.74, 6) is 0.867. The molecule has 0 saturated heterocycles. The highest BCUT2D eigenvalue weighted by Crippen LogP contribution is 2.34. The van der Waals surface area contributed by atoms with Crippen LogP contribution in [0.15, 0.2) is 23.6 Å². The minimum atomic E-state index is -3.46. The number of amides is 1. The van der Waals surface area contributed by atoms with Crippen LogP contribution in [0.5, 0.6) is 5.75 Å². The molecule has 1 amide bonds. The van der Waals surface area contributed by atoms with Crippen molar-refractivity contribution in [2.24, 2.45) is 5.92 Å². The third-order valence-corrected chi connectivity index (χ3v) is 6.04. The lowest BCUT2D eigenvalue weighted by molar-refractivity contribution is 0.102. The van der Waals surface area contributed by atoms with Crippen LogP contribution in [-0.2, 0) is 22.9 Å². The van der Waals surface area contributed by atoms with Crippen LogP contribution in [0.25, 0.3) is 0 Å². The van der Waals surface area contributed by atoms with Crippen LogP contribution in [0, 0.1) is 5.92 Å². The van der Waals surface area contributed by atoms with Crippen molar-refractivity contribution in [3.8, 4) is 5.75 Å². The van der Waals surface area contributed by atoms with Gasteiger partial charge in [0.25, 0.3) is 5.91 Å². The predicted octanol–water partition coefficient (Wildman–Crippen LogP) is 3.51. The highest BCUT2D eigenvalue weighted by atomic mass is 32.2. The van der Waals surface area contributed by atoms with Gasteiger partial charge in [-0.1, -0.05) is 6.92 Å². The first kappa shape index (κ1) is 18.7. The number of sulfonamides is 1. The molecule has 2 N–H and O–H groups in total. The summed E-state index contributed by atoms with van der Waals surface area (Å²) in [5, 5.41) is 4.77. The van der Waals surface area contributed by atoms with Gasteiger partial charge in [0, 0.05) is 15.9 Å². The molecule has 0 aliphatic heterocycles. The summed E-state index contributed by atoms with van der Waals surface area (Å²) in [4.78, 5) is 14.0. The summed E-state index contributed by atoms with van der Waals surface area (Å²) in [5.41, 5.74) is 2.65. The van der Waals surface area contributed by atoms with E-state index in [2.05, 4.69) is 17.0 Å². The van der Waals surface area contributed by atoms with E-state index in [1.165, 1.54) is 12.0 Å². The zero-order valence-corrected chi connectivity index (χ0v) is 16.6. The molecular formula is C18H22N2O4S2. The first-order valence-electron chi connectivity index (χ1n) is 8.33. The summed E-state index contributed by atoms with van der Waals surface area (Å²) in [7, 11) is -2.00. The number of methoxy groups -OCH3 is 1. The van der Waals surface area contributed by atoms with Gasteiger partial charge in [0.05, 0.1) is 24.6 Å². The molecule has 0 bridgehead atoms. The molecule has 26 heavy (non-hydrogen) atoms. The van der Waals surface area contributed by atoms with Crippen LogP contribution >= 0.6 is 11.3 Å². The monoisotopic (exact) mass is 394 g/mol. The number of carbonyl (C=O) groups is 1. The molecule has 1 heterocycles. The number of rotatable bonds is 5. The Morgan fingerprint density at radius 3 is 2.81 bits per heavy atom. The lowest BCUT2D eigenvalue weighted by Gasteiger charge is -2.19. The van der Waals surface area contributed by atoms with E-state index in [-0.39, 0.29) is 11.6 Å². The average Bonchev–Trinajstić information content (AvgIpc) is 2.96. The van der Waals surface area contributed by atoms with Gasteiger partial charge in [-0.2, -0.15) is 0 Å². The smallest absolute Gasteiger partial charge is 0.256 e. The summed E-state index contributed by atoms with van der Waals surface area (Å²) < 4.78 is 30.6. The van der Waals surface area contributed by atoms with E-state index in [4.69, 9.17) is 4.74 Å². The van der Waals surface area contributed by atoms with Gasteiger partial charge in [0.15, 0.2) is 0 Å². The minimum Gasteiger partial charge on any atom is -0.495 e. The number of nitrogens with one attached hydrogen (secondary N) is 2. The molecule has 1 atom stereocenters. The molecule has 1 aliphatic rings. The van der Waals surface area contributed by atoms with Gasteiger partial charge in [-0.05, 0) is 48.9 Å². The topological polar surface area (TPSA) is 84.5 Å². The van der Waals surface area contributed by atoms with Gasteiger partial charge in [-0.15, -0.1) is 11.3 Å². The molecule has 0 saturated carbocycles. The lowest BCUT2D eigenvalue weighted by Crippen LogP contribution is -2.17. The molecule has 0 spiro atoms. The Balaban J connectivity index is 1.83. The zero-order valence-electron chi connectivity index (χ0n) is 15.0. The highest BCUT2D eigenvalue weighted by Gasteiger charge is 2.23. The van der Waals surface area contributed by atoms with Crippen molar-refractivity contribution in [2.75, 3.05) is 23.4 Å². The fourth-order valence-electron chi connectivity index (χ4n) is 3.13. The molecule has 0 radical (unpaired) electrons. The van der Waals surface area contributed by atoms with Crippen LogP contribution in [0.2, 0.25) is 0 Å². The Bertz CT molecular complexity index is 935. The van der Waals surface area contributed by atoms with Crippen LogP contribution in [0.4, 0.5) is 11.4 Å². The van der Waals surface area contributed by atoms with Crippen molar-refractivity contribution in [1.82, 2.24) is 0 Å². The van der Waals surface area contributed by atoms with Crippen molar-refractivity contribution >= 4 is 38.6 Å². The second-order valence-corrected chi connectivity index (χ2v) is 9.36. The van der Waals surface area contributed by atoms with Crippen molar-refractivity contribution in [2.45, 2.75) is 26.2 Å². The maximum atomic E-state index is 12.7. The van der Waals surface area contributed by atoms with Crippen LogP contribution in [-0.4, -0.2) is 27.7 Å². The number of fused-ring (bicyclic) bond motifs is 1. The van der Waals surface area contributed by atoms with E-state index in [0.717, 1.165) is 31.1 Å². The van der Waals surface area contributed by atoms with Crippen molar-refractivity contribution in [3.05, 3.63) is 39.6 Å².